The number of nitrogens with zero attached hydrogens (tertiary/aromatic N) is 3. The Hall–Kier alpha value is -7.43. The highest BCUT2D eigenvalue weighted by Gasteiger charge is 2.20. The first kappa shape index (κ1) is 31.1. The molecule has 2 aromatic heterocycles. The second-order valence-electron chi connectivity index (χ2n) is 13.9. The lowest BCUT2D eigenvalue weighted by Crippen LogP contribution is -2.01. The Kier molecular flexibility index (Phi) is 7.14. The molecule has 55 heavy (non-hydrogen) atoms. The number of furan rings is 1. The van der Waals surface area contributed by atoms with Crippen LogP contribution < -0.4 is 0 Å². The van der Waals surface area contributed by atoms with Gasteiger partial charge in [-0.1, -0.05) is 170 Å². The van der Waals surface area contributed by atoms with Gasteiger partial charge in [-0.2, -0.15) is 0 Å². The molecule has 0 fully saturated rings. The molecule has 4 heteroatoms. The molecule has 0 saturated heterocycles. The Morgan fingerprint density at radius 1 is 0.291 bits per heavy atom. The van der Waals surface area contributed by atoms with Crippen molar-refractivity contribution in [3.8, 4) is 56.4 Å². The van der Waals surface area contributed by atoms with Gasteiger partial charge in [-0.15, -0.1) is 0 Å². The van der Waals surface area contributed by atoms with Gasteiger partial charge in [0.1, 0.15) is 11.2 Å². The molecule has 9 aromatic carbocycles. The second-order valence-corrected chi connectivity index (χ2v) is 13.9. The van der Waals surface area contributed by atoms with E-state index in [0.29, 0.717) is 17.5 Å². The fraction of sp³-hybridized carbons (Fsp3) is 0. The van der Waals surface area contributed by atoms with Crippen molar-refractivity contribution in [2.75, 3.05) is 0 Å². The van der Waals surface area contributed by atoms with Crippen LogP contribution in [0.15, 0.2) is 192 Å². The summed E-state index contributed by atoms with van der Waals surface area (Å²) >= 11 is 0. The molecule has 0 amide bonds. The van der Waals surface area contributed by atoms with E-state index in [1.807, 2.05) is 36.4 Å². The topological polar surface area (TPSA) is 51.8 Å². The summed E-state index contributed by atoms with van der Waals surface area (Å²) in [5.41, 5.74) is 8.78. The van der Waals surface area contributed by atoms with Crippen molar-refractivity contribution in [2.24, 2.45) is 0 Å². The maximum absolute atomic E-state index is 6.31. The van der Waals surface area contributed by atoms with Gasteiger partial charge in [-0.3, -0.25) is 0 Å². The van der Waals surface area contributed by atoms with Gasteiger partial charge in [0, 0.05) is 27.5 Å². The van der Waals surface area contributed by atoms with Crippen LogP contribution in [0.1, 0.15) is 0 Å². The Bertz CT molecular complexity index is 3270. The van der Waals surface area contributed by atoms with Crippen LogP contribution in [0, 0.1) is 0 Å². The number of rotatable bonds is 5. The van der Waals surface area contributed by atoms with Crippen molar-refractivity contribution in [1.29, 1.82) is 0 Å². The van der Waals surface area contributed by atoms with E-state index in [1.165, 1.54) is 32.3 Å². The van der Waals surface area contributed by atoms with E-state index in [-0.39, 0.29) is 0 Å². The van der Waals surface area contributed by atoms with E-state index >= 15 is 0 Å². The van der Waals surface area contributed by atoms with Gasteiger partial charge in [0.05, 0.1) is 0 Å². The molecule has 2 heterocycles. The zero-order chi connectivity index (χ0) is 36.3. The highest BCUT2D eigenvalue weighted by molar-refractivity contribution is 6.22. The second kappa shape index (κ2) is 12.6. The third-order valence-corrected chi connectivity index (χ3v) is 10.7. The number of benzene rings is 9. The summed E-state index contributed by atoms with van der Waals surface area (Å²) in [7, 11) is 0. The van der Waals surface area contributed by atoms with Gasteiger partial charge in [0.25, 0.3) is 0 Å². The van der Waals surface area contributed by atoms with Crippen LogP contribution in [0.3, 0.4) is 0 Å². The maximum Gasteiger partial charge on any atom is 0.164 e. The van der Waals surface area contributed by atoms with Crippen LogP contribution in [0.25, 0.3) is 111 Å². The SMILES string of the molecule is c1ccc(-c2cccc(-c3nc(-c4ccccc4-c4cccc5c4ccc4ccc6ccccc6c45)nc(-c4cccc5oc6ccccc6c45)n3)c2)cc1. The standard InChI is InChI=1S/C51H31N3O/c1-2-13-32(14-3-1)35-16-10-17-36(31-35)49-52-50(54-51(53-49)44-24-12-26-46-48(44)43-21-8-9-25-45(43)55-46)42-20-7-6-19-39(42)38-22-11-23-41-40(38)30-29-34-28-27-33-15-4-5-18-37(33)47(34)41/h1-31H. The van der Waals surface area contributed by atoms with E-state index in [9.17, 15) is 0 Å². The molecule has 0 saturated carbocycles. The van der Waals surface area contributed by atoms with Crippen molar-refractivity contribution in [3.63, 3.8) is 0 Å². The molecular formula is C51H31N3O. The van der Waals surface area contributed by atoms with E-state index < -0.39 is 0 Å². The minimum absolute atomic E-state index is 0.590. The Morgan fingerprint density at radius 3 is 1.78 bits per heavy atom. The molecule has 0 unspecified atom stereocenters. The van der Waals surface area contributed by atoms with Crippen molar-refractivity contribution in [1.82, 2.24) is 15.0 Å². The van der Waals surface area contributed by atoms with Gasteiger partial charge in [-0.05, 0) is 72.8 Å². The molecule has 0 bridgehead atoms. The van der Waals surface area contributed by atoms with E-state index in [2.05, 4.69) is 152 Å². The molecule has 0 aliphatic rings. The van der Waals surface area contributed by atoms with Crippen LogP contribution in [-0.2, 0) is 0 Å². The van der Waals surface area contributed by atoms with Gasteiger partial charge in [0.2, 0.25) is 0 Å². The number of hydrogen-bond donors (Lipinski definition) is 0. The Balaban J connectivity index is 1.16. The molecule has 4 nitrogen and oxygen atoms in total. The van der Waals surface area contributed by atoms with E-state index in [4.69, 9.17) is 19.4 Å². The summed E-state index contributed by atoms with van der Waals surface area (Å²) in [5, 5.41) is 9.38. The summed E-state index contributed by atoms with van der Waals surface area (Å²) < 4.78 is 6.31. The molecule has 0 spiro atoms. The average Bonchev–Trinajstić information content (AvgIpc) is 3.65. The van der Waals surface area contributed by atoms with Crippen molar-refractivity contribution >= 4 is 54.3 Å². The van der Waals surface area contributed by atoms with E-state index in [0.717, 1.165) is 60.9 Å². The quantitative estimate of drug-likeness (QED) is 0.168. The molecule has 256 valence electrons. The lowest BCUT2D eigenvalue weighted by molar-refractivity contribution is 0.669. The van der Waals surface area contributed by atoms with Crippen LogP contribution in [0.4, 0.5) is 0 Å². The monoisotopic (exact) mass is 701 g/mol. The van der Waals surface area contributed by atoms with Crippen LogP contribution in [0.5, 0.6) is 0 Å². The predicted octanol–water partition coefficient (Wildman–Crippen LogP) is 13.6. The molecule has 0 aliphatic heterocycles. The minimum Gasteiger partial charge on any atom is -0.456 e. The van der Waals surface area contributed by atoms with Crippen molar-refractivity contribution in [2.45, 2.75) is 0 Å². The molecule has 0 radical (unpaired) electrons. The Labute approximate surface area is 317 Å². The number of hydrogen-bond acceptors (Lipinski definition) is 4. The van der Waals surface area contributed by atoms with Crippen molar-refractivity contribution < 1.29 is 4.42 Å². The molecule has 0 N–H and O–H groups in total. The third kappa shape index (κ3) is 5.19. The first-order valence-corrected chi connectivity index (χ1v) is 18.5. The highest BCUT2D eigenvalue weighted by atomic mass is 16.3. The third-order valence-electron chi connectivity index (χ3n) is 10.7. The van der Waals surface area contributed by atoms with Crippen LogP contribution in [0.2, 0.25) is 0 Å². The predicted molar refractivity (Wildman–Crippen MR) is 227 cm³/mol. The number of para-hydroxylation sites is 1. The first-order valence-electron chi connectivity index (χ1n) is 18.5. The zero-order valence-corrected chi connectivity index (χ0v) is 29.6. The Morgan fingerprint density at radius 2 is 0.873 bits per heavy atom. The van der Waals surface area contributed by atoms with Crippen LogP contribution in [-0.4, -0.2) is 15.0 Å². The zero-order valence-electron chi connectivity index (χ0n) is 29.6. The largest absolute Gasteiger partial charge is 0.456 e. The summed E-state index contributed by atoms with van der Waals surface area (Å²) in [4.78, 5) is 15.8. The molecule has 0 aliphatic carbocycles. The normalized spacial score (nSPS) is 11.6. The molecular weight excluding hydrogens is 671 g/mol. The fourth-order valence-electron chi connectivity index (χ4n) is 8.19. The van der Waals surface area contributed by atoms with Crippen LogP contribution >= 0.6 is 0 Å². The van der Waals surface area contributed by atoms with Gasteiger partial charge < -0.3 is 4.42 Å². The van der Waals surface area contributed by atoms with Gasteiger partial charge in [-0.25, -0.2) is 15.0 Å². The fourth-order valence-corrected chi connectivity index (χ4v) is 8.19. The summed E-state index contributed by atoms with van der Waals surface area (Å²) in [6.07, 6.45) is 0. The maximum atomic E-state index is 6.31. The summed E-state index contributed by atoms with van der Waals surface area (Å²) in [6.45, 7) is 0. The molecule has 11 rings (SSSR count). The lowest BCUT2D eigenvalue weighted by atomic mass is 9.90. The van der Waals surface area contributed by atoms with Gasteiger partial charge in [0.15, 0.2) is 17.5 Å². The minimum atomic E-state index is 0.590. The first-order chi connectivity index (χ1) is 27.3. The van der Waals surface area contributed by atoms with Crippen molar-refractivity contribution in [3.05, 3.63) is 188 Å². The molecule has 0 atom stereocenters. The summed E-state index contributed by atoms with van der Waals surface area (Å²) in [6, 6.07) is 65.8. The average molecular weight is 702 g/mol. The lowest BCUT2D eigenvalue weighted by Gasteiger charge is -2.15. The van der Waals surface area contributed by atoms with Gasteiger partial charge >= 0.3 is 0 Å². The van der Waals surface area contributed by atoms with E-state index in [1.54, 1.807) is 0 Å². The smallest absolute Gasteiger partial charge is 0.164 e. The molecule has 11 aromatic rings. The highest BCUT2D eigenvalue weighted by Crippen LogP contribution is 2.41. The number of fused-ring (bicyclic) bond motifs is 8. The number of aromatic nitrogens is 3. The summed E-state index contributed by atoms with van der Waals surface area (Å²) in [5.74, 6) is 1.80.